The number of hydrogen-bond acceptors (Lipinski definition) is 4. The van der Waals surface area contributed by atoms with Gasteiger partial charge in [-0.2, -0.15) is 9.39 Å². The first kappa shape index (κ1) is 25.0. The normalized spacial score (nSPS) is 13.9. The Labute approximate surface area is 166 Å². The maximum absolute atomic E-state index is 12.1. The van der Waals surface area contributed by atoms with E-state index in [0.717, 1.165) is 6.42 Å². The lowest BCUT2D eigenvalue weighted by atomic mass is 9.77. The molecule has 1 atom stereocenters. The number of rotatable bonds is 10. The minimum Gasteiger partial charge on any atom is -0.369 e. The second kappa shape index (κ2) is 12.4. The van der Waals surface area contributed by atoms with Crippen LogP contribution in [0.3, 0.4) is 0 Å². The van der Waals surface area contributed by atoms with Gasteiger partial charge < -0.3 is 27.0 Å². The van der Waals surface area contributed by atoms with Crippen LogP contribution in [-0.4, -0.2) is 61.6 Å². The SMILES string of the molecule is CCC(C)(C)C(C)C(=O)NCCC(=O)NCCSN=C(N)N=C(N)N(C)C. The van der Waals surface area contributed by atoms with E-state index in [1.54, 1.807) is 19.0 Å². The van der Waals surface area contributed by atoms with E-state index in [2.05, 4.69) is 40.8 Å². The first-order valence-corrected chi connectivity index (χ1v) is 9.96. The summed E-state index contributed by atoms with van der Waals surface area (Å²) >= 11 is 1.19. The molecule has 0 fully saturated rings. The third-order valence-electron chi connectivity index (χ3n) is 4.49. The van der Waals surface area contributed by atoms with Gasteiger partial charge in [0.05, 0.1) is 0 Å². The van der Waals surface area contributed by atoms with E-state index in [1.807, 2.05) is 6.92 Å². The van der Waals surface area contributed by atoms with Gasteiger partial charge in [-0.15, -0.1) is 0 Å². The fourth-order valence-electron chi connectivity index (χ4n) is 1.79. The molecule has 0 aliphatic heterocycles. The molecular formula is C17H35N7O2S. The van der Waals surface area contributed by atoms with Crippen LogP contribution in [0.15, 0.2) is 9.39 Å². The summed E-state index contributed by atoms with van der Waals surface area (Å²) in [5, 5.41) is 5.59. The number of nitrogens with two attached hydrogens (primary N) is 2. The summed E-state index contributed by atoms with van der Waals surface area (Å²) < 4.78 is 3.99. The number of guanidine groups is 2. The number of nitrogens with one attached hydrogen (secondary N) is 2. The zero-order valence-corrected chi connectivity index (χ0v) is 18.2. The van der Waals surface area contributed by atoms with Gasteiger partial charge in [0.15, 0.2) is 5.96 Å². The van der Waals surface area contributed by atoms with E-state index in [1.165, 1.54) is 11.9 Å². The van der Waals surface area contributed by atoms with Crippen molar-refractivity contribution in [1.29, 1.82) is 0 Å². The maximum Gasteiger partial charge on any atom is 0.230 e. The molecule has 0 saturated heterocycles. The Morgan fingerprint density at radius 1 is 1.19 bits per heavy atom. The highest BCUT2D eigenvalue weighted by molar-refractivity contribution is 7.98. The Morgan fingerprint density at radius 3 is 2.37 bits per heavy atom. The van der Waals surface area contributed by atoms with Crippen LogP contribution in [-0.2, 0) is 9.59 Å². The highest BCUT2D eigenvalue weighted by atomic mass is 32.2. The molecule has 1 unspecified atom stereocenters. The van der Waals surface area contributed by atoms with Gasteiger partial charge in [0.25, 0.3) is 0 Å². The van der Waals surface area contributed by atoms with Crippen LogP contribution in [0.5, 0.6) is 0 Å². The van der Waals surface area contributed by atoms with Crippen molar-refractivity contribution in [3.05, 3.63) is 0 Å². The molecule has 0 aromatic carbocycles. The highest BCUT2D eigenvalue weighted by Gasteiger charge is 2.29. The lowest BCUT2D eigenvalue weighted by molar-refractivity contribution is -0.128. The topological polar surface area (TPSA) is 138 Å². The van der Waals surface area contributed by atoms with E-state index < -0.39 is 0 Å². The number of nitrogens with zero attached hydrogens (tertiary/aromatic N) is 3. The molecule has 0 bridgehead atoms. The molecule has 10 heteroatoms. The zero-order chi connectivity index (χ0) is 21.0. The number of carbonyl (C=O) groups is 2. The van der Waals surface area contributed by atoms with E-state index in [9.17, 15) is 9.59 Å². The summed E-state index contributed by atoms with van der Waals surface area (Å²) in [6.07, 6.45) is 1.16. The average Bonchev–Trinajstić information content (AvgIpc) is 2.60. The molecule has 9 nitrogen and oxygen atoms in total. The standard InChI is InChI=1S/C17H35N7O2S/c1-7-17(3,4)12(2)14(26)21-9-8-13(25)20-10-11-27-23-15(18)22-16(19)24(5)6/h12H,7-11H2,1-6H3,(H,20,25)(H,21,26)(H4,18,19,22,23). The first-order valence-electron chi connectivity index (χ1n) is 9.02. The van der Waals surface area contributed by atoms with Crippen molar-refractivity contribution in [1.82, 2.24) is 15.5 Å². The van der Waals surface area contributed by atoms with Crippen molar-refractivity contribution in [3.8, 4) is 0 Å². The fraction of sp³-hybridized carbons (Fsp3) is 0.765. The van der Waals surface area contributed by atoms with Gasteiger partial charge in [0, 0.05) is 45.3 Å². The van der Waals surface area contributed by atoms with Crippen molar-refractivity contribution in [2.24, 2.45) is 32.2 Å². The number of aliphatic imine (C=N–C) groups is 1. The van der Waals surface area contributed by atoms with Gasteiger partial charge in [0.1, 0.15) is 0 Å². The van der Waals surface area contributed by atoms with Crippen LogP contribution >= 0.6 is 11.9 Å². The summed E-state index contributed by atoms with van der Waals surface area (Å²) in [5.74, 6) is 0.651. The van der Waals surface area contributed by atoms with Crippen LogP contribution < -0.4 is 22.1 Å². The fourth-order valence-corrected chi connectivity index (χ4v) is 2.25. The molecule has 0 heterocycles. The monoisotopic (exact) mass is 401 g/mol. The molecule has 27 heavy (non-hydrogen) atoms. The summed E-state index contributed by atoms with van der Waals surface area (Å²) in [6, 6.07) is 0. The average molecular weight is 402 g/mol. The first-order chi connectivity index (χ1) is 12.5. The second-order valence-electron chi connectivity index (χ2n) is 7.10. The Morgan fingerprint density at radius 2 is 1.81 bits per heavy atom. The van der Waals surface area contributed by atoms with E-state index >= 15 is 0 Å². The Bertz CT molecular complexity index is 547. The molecular weight excluding hydrogens is 366 g/mol. The quantitative estimate of drug-likeness (QED) is 0.182. The van der Waals surface area contributed by atoms with E-state index in [0.29, 0.717) is 18.8 Å². The smallest absolute Gasteiger partial charge is 0.230 e. The van der Waals surface area contributed by atoms with Gasteiger partial charge in [-0.3, -0.25) is 9.59 Å². The largest absolute Gasteiger partial charge is 0.369 e. The molecule has 2 amide bonds. The van der Waals surface area contributed by atoms with E-state index in [4.69, 9.17) is 11.5 Å². The Balaban J connectivity index is 4.00. The van der Waals surface area contributed by atoms with Crippen LogP contribution in [0.25, 0.3) is 0 Å². The van der Waals surface area contributed by atoms with Gasteiger partial charge in [-0.05, 0) is 17.4 Å². The molecule has 0 aromatic heterocycles. The molecule has 0 spiro atoms. The number of hydrogen-bond donors (Lipinski definition) is 4. The lowest BCUT2D eigenvalue weighted by Gasteiger charge is -2.29. The van der Waals surface area contributed by atoms with Gasteiger partial charge >= 0.3 is 0 Å². The van der Waals surface area contributed by atoms with Crippen LogP contribution in [0, 0.1) is 11.3 Å². The summed E-state index contributed by atoms with van der Waals surface area (Å²) in [5.41, 5.74) is 11.2. The Hall–Kier alpha value is -1.97. The molecule has 0 radical (unpaired) electrons. The van der Waals surface area contributed by atoms with Crippen LogP contribution in [0.1, 0.15) is 40.5 Å². The molecule has 0 aliphatic rings. The second-order valence-corrected chi connectivity index (χ2v) is 7.95. The molecule has 0 rings (SSSR count). The zero-order valence-electron chi connectivity index (χ0n) is 17.3. The van der Waals surface area contributed by atoms with Crippen molar-refractivity contribution in [2.45, 2.75) is 40.5 Å². The molecule has 156 valence electrons. The summed E-state index contributed by atoms with van der Waals surface area (Å²) in [7, 11) is 3.51. The van der Waals surface area contributed by atoms with E-state index in [-0.39, 0.29) is 41.5 Å². The van der Waals surface area contributed by atoms with Crippen molar-refractivity contribution < 1.29 is 9.59 Å². The number of amides is 2. The van der Waals surface area contributed by atoms with Crippen LogP contribution in [0.4, 0.5) is 0 Å². The predicted molar refractivity (Wildman–Crippen MR) is 113 cm³/mol. The third-order valence-corrected chi connectivity index (χ3v) is 5.19. The van der Waals surface area contributed by atoms with Gasteiger partial charge in [0.2, 0.25) is 17.8 Å². The van der Waals surface area contributed by atoms with Crippen molar-refractivity contribution >= 4 is 35.7 Å². The van der Waals surface area contributed by atoms with Crippen LogP contribution in [0.2, 0.25) is 0 Å². The maximum atomic E-state index is 12.1. The lowest BCUT2D eigenvalue weighted by Crippen LogP contribution is -2.39. The van der Waals surface area contributed by atoms with Crippen molar-refractivity contribution in [2.75, 3.05) is 32.9 Å². The minimum atomic E-state index is -0.120. The Kier molecular flexibility index (Phi) is 11.5. The molecule has 0 aliphatic carbocycles. The highest BCUT2D eigenvalue weighted by Crippen LogP contribution is 2.29. The minimum absolute atomic E-state index is 0.0208. The van der Waals surface area contributed by atoms with Gasteiger partial charge in [-0.1, -0.05) is 34.1 Å². The summed E-state index contributed by atoms with van der Waals surface area (Å²) in [4.78, 5) is 29.4. The number of carbonyl (C=O) groups excluding carboxylic acids is 2. The summed E-state index contributed by atoms with van der Waals surface area (Å²) in [6.45, 7) is 8.88. The molecule has 0 aromatic rings. The van der Waals surface area contributed by atoms with Crippen molar-refractivity contribution in [3.63, 3.8) is 0 Å². The molecule has 0 saturated carbocycles. The third kappa shape index (κ3) is 10.7. The molecule has 6 N–H and O–H groups in total. The predicted octanol–water partition coefficient (Wildman–Crippen LogP) is 0.520. The van der Waals surface area contributed by atoms with Gasteiger partial charge in [-0.25, -0.2) is 0 Å².